The van der Waals surface area contributed by atoms with E-state index in [4.69, 9.17) is 21.3 Å². The van der Waals surface area contributed by atoms with Gasteiger partial charge in [0.05, 0.1) is 29.9 Å². The summed E-state index contributed by atoms with van der Waals surface area (Å²) in [6.45, 7) is 7.32. The Labute approximate surface area is 191 Å². The van der Waals surface area contributed by atoms with Gasteiger partial charge in [-0.15, -0.1) is 0 Å². The van der Waals surface area contributed by atoms with Crippen LogP contribution in [0.4, 0.5) is 4.39 Å². The number of pyridine rings is 1. The zero-order valence-electron chi connectivity index (χ0n) is 17.2. The molecule has 33 heavy (non-hydrogen) atoms. The summed E-state index contributed by atoms with van der Waals surface area (Å²) in [6.07, 6.45) is 5.85. The van der Waals surface area contributed by atoms with Crippen LogP contribution < -0.4 is 11.2 Å². The van der Waals surface area contributed by atoms with E-state index in [1.807, 2.05) is 6.07 Å². The van der Waals surface area contributed by atoms with Gasteiger partial charge in [0.2, 0.25) is 5.58 Å². The lowest BCUT2D eigenvalue weighted by molar-refractivity contribution is 0.582. The van der Waals surface area contributed by atoms with E-state index in [1.165, 1.54) is 47.3 Å². The van der Waals surface area contributed by atoms with Crippen LogP contribution in [-0.2, 0) is 6.54 Å². The van der Waals surface area contributed by atoms with Gasteiger partial charge in [-0.05, 0) is 18.2 Å². The molecule has 9 heteroatoms. The molecule has 3 aromatic heterocycles. The van der Waals surface area contributed by atoms with E-state index in [2.05, 4.69) is 18.1 Å². The Bertz CT molecular complexity index is 1640. The standard InChI is InChI=1S/C24H16ClFN4O3/c1-3-5-17(14(2)25)21-11-19-22(33-21)23(31)30(24(32)29(19)9-4-8-27)20-13-28-12-15-6-7-16(26)10-18(15)20/h3,5-7,10-13H,1-2,4,9H2/b17-5+. The third-order valence-electron chi connectivity index (χ3n) is 5.05. The zero-order valence-corrected chi connectivity index (χ0v) is 18.0. The third-order valence-corrected chi connectivity index (χ3v) is 5.26. The monoisotopic (exact) mass is 462 g/mol. The third kappa shape index (κ3) is 3.79. The van der Waals surface area contributed by atoms with Gasteiger partial charge in [0.25, 0.3) is 0 Å². The number of fused-ring (bicyclic) bond motifs is 2. The number of allylic oxidation sites excluding steroid dienone is 4. The second-order valence-electron chi connectivity index (χ2n) is 7.05. The van der Waals surface area contributed by atoms with Gasteiger partial charge in [-0.1, -0.05) is 36.9 Å². The molecular formula is C24H16ClFN4O3. The minimum absolute atomic E-state index is 0.0000299. The Morgan fingerprint density at radius 1 is 1.30 bits per heavy atom. The maximum Gasteiger partial charge on any atom is 0.336 e. The van der Waals surface area contributed by atoms with Gasteiger partial charge in [0.15, 0.2) is 0 Å². The van der Waals surface area contributed by atoms with Crippen LogP contribution in [0.15, 0.2) is 81.0 Å². The highest BCUT2D eigenvalue weighted by atomic mass is 35.5. The van der Waals surface area contributed by atoms with Crippen molar-refractivity contribution in [3.05, 3.63) is 99.4 Å². The molecule has 1 aromatic carbocycles. The fraction of sp³-hybridized carbons (Fsp3) is 0.0833. The van der Waals surface area contributed by atoms with Crippen LogP contribution >= 0.6 is 11.6 Å². The van der Waals surface area contributed by atoms with Gasteiger partial charge in [-0.25, -0.2) is 13.8 Å². The number of nitrogens with zero attached hydrogens (tertiary/aromatic N) is 4. The number of rotatable bonds is 6. The molecule has 0 unspecified atom stereocenters. The number of hydrogen-bond acceptors (Lipinski definition) is 5. The molecule has 0 saturated heterocycles. The summed E-state index contributed by atoms with van der Waals surface area (Å²) in [6, 6.07) is 7.46. The van der Waals surface area contributed by atoms with E-state index < -0.39 is 17.1 Å². The first-order valence-electron chi connectivity index (χ1n) is 9.75. The number of halogens is 2. The van der Waals surface area contributed by atoms with Crippen molar-refractivity contribution >= 4 is 39.0 Å². The number of furan rings is 1. The number of aryl methyl sites for hydroxylation is 1. The molecule has 0 saturated carbocycles. The highest BCUT2D eigenvalue weighted by Crippen LogP contribution is 2.29. The lowest BCUT2D eigenvalue weighted by atomic mass is 10.1. The molecule has 0 radical (unpaired) electrons. The second-order valence-corrected chi connectivity index (χ2v) is 7.51. The van der Waals surface area contributed by atoms with Crippen LogP contribution in [-0.4, -0.2) is 14.1 Å². The first kappa shape index (κ1) is 22.0. The summed E-state index contributed by atoms with van der Waals surface area (Å²) < 4.78 is 21.9. The molecule has 0 fully saturated rings. The van der Waals surface area contributed by atoms with E-state index in [0.717, 1.165) is 4.57 Å². The maximum atomic E-state index is 14.0. The molecule has 0 atom stereocenters. The molecule has 164 valence electrons. The molecule has 7 nitrogen and oxygen atoms in total. The first-order chi connectivity index (χ1) is 15.9. The van der Waals surface area contributed by atoms with Crippen LogP contribution in [0.3, 0.4) is 0 Å². The SMILES string of the molecule is C=C/C=C(\C(=C)Cl)c1cc2c(o1)c(=O)n(-c1cncc3ccc(F)cc13)c(=O)n2CCC#N. The van der Waals surface area contributed by atoms with Crippen molar-refractivity contribution in [1.82, 2.24) is 14.1 Å². The quantitative estimate of drug-likeness (QED) is 0.388. The average Bonchev–Trinajstić information content (AvgIpc) is 3.22. The molecule has 0 amide bonds. The average molecular weight is 463 g/mol. The molecule has 0 aliphatic heterocycles. The smallest absolute Gasteiger partial charge is 0.336 e. The van der Waals surface area contributed by atoms with Crippen LogP contribution in [0.1, 0.15) is 12.2 Å². The van der Waals surface area contributed by atoms with Crippen molar-refractivity contribution in [3.63, 3.8) is 0 Å². The highest BCUT2D eigenvalue weighted by Gasteiger charge is 2.22. The van der Waals surface area contributed by atoms with E-state index in [0.29, 0.717) is 16.3 Å². The Morgan fingerprint density at radius 2 is 2.09 bits per heavy atom. The molecule has 0 aliphatic rings. The summed E-state index contributed by atoms with van der Waals surface area (Å²) in [5.41, 5.74) is -0.945. The van der Waals surface area contributed by atoms with Gasteiger partial charge in [-0.3, -0.25) is 14.3 Å². The molecule has 0 N–H and O–H groups in total. The van der Waals surface area contributed by atoms with Gasteiger partial charge < -0.3 is 4.42 Å². The van der Waals surface area contributed by atoms with E-state index in [1.54, 1.807) is 6.08 Å². The van der Waals surface area contributed by atoms with Gasteiger partial charge in [-0.2, -0.15) is 5.26 Å². The Kier molecular flexibility index (Phi) is 5.82. The summed E-state index contributed by atoms with van der Waals surface area (Å²) in [5, 5.41) is 10.1. The topological polar surface area (TPSA) is 93.8 Å². The fourth-order valence-electron chi connectivity index (χ4n) is 3.59. The van der Waals surface area contributed by atoms with Crippen LogP contribution in [0.25, 0.3) is 33.1 Å². The van der Waals surface area contributed by atoms with Crippen LogP contribution in [0, 0.1) is 17.1 Å². The fourth-order valence-corrected chi connectivity index (χ4v) is 3.75. The Balaban J connectivity index is 2.13. The lowest BCUT2D eigenvalue weighted by Crippen LogP contribution is -2.38. The lowest BCUT2D eigenvalue weighted by Gasteiger charge is -2.12. The van der Waals surface area contributed by atoms with Crippen LogP contribution in [0.2, 0.25) is 0 Å². The minimum Gasteiger partial charge on any atom is -0.449 e. The van der Waals surface area contributed by atoms with E-state index >= 15 is 0 Å². The van der Waals surface area contributed by atoms with Gasteiger partial charge in [0, 0.05) is 40.2 Å². The molecule has 4 rings (SSSR count). The van der Waals surface area contributed by atoms with Crippen molar-refractivity contribution in [2.75, 3.05) is 0 Å². The molecule has 0 spiro atoms. The van der Waals surface area contributed by atoms with Crippen molar-refractivity contribution in [2.24, 2.45) is 0 Å². The van der Waals surface area contributed by atoms with E-state index in [9.17, 15) is 14.0 Å². The summed E-state index contributed by atoms with van der Waals surface area (Å²) in [7, 11) is 0. The summed E-state index contributed by atoms with van der Waals surface area (Å²) in [4.78, 5) is 31.0. The number of hydrogen-bond donors (Lipinski definition) is 0. The van der Waals surface area contributed by atoms with Crippen molar-refractivity contribution in [2.45, 2.75) is 13.0 Å². The van der Waals surface area contributed by atoms with Crippen molar-refractivity contribution in [3.8, 4) is 11.8 Å². The summed E-state index contributed by atoms with van der Waals surface area (Å²) in [5.74, 6) is -0.332. The van der Waals surface area contributed by atoms with Crippen LogP contribution in [0.5, 0.6) is 0 Å². The predicted octanol–water partition coefficient (Wildman–Crippen LogP) is 4.67. The molecule has 3 heterocycles. The Hall–Kier alpha value is -4.22. The molecular weight excluding hydrogens is 447 g/mol. The van der Waals surface area contributed by atoms with Crippen molar-refractivity contribution in [1.29, 1.82) is 5.26 Å². The Morgan fingerprint density at radius 3 is 2.79 bits per heavy atom. The molecule has 0 bridgehead atoms. The molecule has 4 aromatic rings. The van der Waals surface area contributed by atoms with Crippen molar-refractivity contribution < 1.29 is 8.81 Å². The van der Waals surface area contributed by atoms with Gasteiger partial charge >= 0.3 is 11.2 Å². The number of aromatic nitrogens is 3. The maximum absolute atomic E-state index is 14.0. The number of benzene rings is 1. The highest BCUT2D eigenvalue weighted by molar-refractivity contribution is 6.36. The van der Waals surface area contributed by atoms with Gasteiger partial charge in [0.1, 0.15) is 11.6 Å². The predicted molar refractivity (Wildman–Crippen MR) is 125 cm³/mol. The summed E-state index contributed by atoms with van der Waals surface area (Å²) >= 11 is 6.08. The molecule has 0 aliphatic carbocycles. The van der Waals surface area contributed by atoms with E-state index in [-0.39, 0.29) is 40.5 Å². The number of nitriles is 1. The first-order valence-corrected chi connectivity index (χ1v) is 10.1. The largest absolute Gasteiger partial charge is 0.449 e. The minimum atomic E-state index is -0.758. The second kappa shape index (κ2) is 8.73. The zero-order chi connectivity index (χ0) is 23.7. The normalized spacial score (nSPS) is 11.6.